The number of rotatable bonds is 7. The molecule has 2 aromatic carbocycles. The summed E-state index contributed by atoms with van der Waals surface area (Å²) in [5.74, 6) is 1.44. The summed E-state index contributed by atoms with van der Waals surface area (Å²) >= 11 is 5.78. The molecule has 3 rings (SSSR count). The highest BCUT2D eigenvalue weighted by Crippen LogP contribution is 2.38. The van der Waals surface area contributed by atoms with Gasteiger partial charge in [0.15, 0.2) is 0 Å². The predicted molar refractivity (Wildman–Crippen MR) is 123 cm³/mol. The molecule has 1 heterocycles. The molecular formula is C24H25ClF3N3O. The van der Waals surface area contributed by atoms with Gasteiger partial charge in [-0.1, -0.05) is 37.1 Å². The summed E-state index contributed by atoms with van der Waals surface area (Å²) in [6.45, 7) is 4.39. The van der Waals surface area contributed by atoms with Crippen molar-refractivity contribution >= 4 is 23.1 Å². The van der Waals surface area contributed by atoms with E-state index in [0.717, 1.165) is 18.9 Å². The Morgan fingerprint density at radius 3 is 2.50 bits per heavy atom. The van der Waals surface area contributed by atoms with Crippen LogP contribution in [0.4, 0.5) is 18.9 Å². The zero-order valence-corrected chi connectivity index (χ0v) is 18.6. The molecule has 0 radical (unpaired) electrons. The maximum Gasteiger partial charge on any atom is 0.417 e. The highest BCUT2D eigenvalue weighted by Gasteiger charge is 2.34. The molecule has 1 aliphatic rings. The Balaban J connectivity index is 1.91. The van der Waals surface area contributed by atoms with E-state index in [1.165, 1.54) is 17.7 Å². The number of alkyl halides is 3. The fraction of sp³-hybridized carbons (Fsp3) is 0.292. The standard InChI is InChI=1S/C24H25ClF3N3O/c1-3-5-16-6-9-18(10-7-16)32-19-12-13-31(22(15-19)23(29)30-4-2)17-8-11-21(25)20(14-17)24(26,27)28/h6-15,22H,3-5H2,1-2H3,(H2,29,30). The number of allylic oxidation sites excluding steroid dienone is 1. The molecule has 0 aliphatic carbocycles. The second kappa shape index (κ2) is 10.1. The smallest absolute Gasteiger partial charge is 0.417 e. The third kappa shape index (κ3) is 5.65. The fourth-order valence-electron chi connectivity index (χ4n) is 3.40. The van der Waals surface area contributed by atoms with E-state index in [2.05, 4.69) is 11.9 Å². The summed E-state index contributed by atoms with van der Waals surface area (Å²) in [7, 11) is 0. The van der Waals surface area contributed by atoms with Gasteiger partial charge in [-0.3, -0.25) is 4.99 Å². The second-order valence-electron chi connectivity index (χ2n) is 7.29. The van der Waals surface area contributed by atoms with Crippen molar-refractivity contribution in [3.05, 3.63) is 82.7 Å². The zero-order valence-electron chi connectivity index (χ0n) is 17.9. The minimum absolute atomic E-state index is 0.264. The van der Waals surface area contributed by atoms with Crippen molar-refractivity contribution in [3.8, 4) is 5.75 Å². The van der Waals surface area contributed by atoms with Crippen LogP contribution in [-0.4, -0.2) is 18.4 Å². The Morgan fingerprint density at radius 1 is 1.16 bits per heavy atom. The van der Waals surface area contributed by atoms with Gasteiger partial charge in [-0.05, 0) is 61.4 Å². The lowest BCUT2D eigenvalue weighted by atomic mass is 10.1. The summed E-state index contributed by atoms with van der Waals surface area (Å²) in [5.41, 5.74) is 6.78. The molecule has 0 bridgehead atoms. The van der Waals surface area contributed by atoms with Crippen molar-refractivity contribution in [1.82, 2.24) is 0 Å². The first-order valence-corrected chi connectivity index (χ1v) is 10.7. The third-order valence-corrected chi connectivity index (χ3v) is 5.25. The Kier molecular flexibility index (Phi) is 7.51. The molecule has 8 heteroatoms. The minimum Gasteiger partial charge on any atom is -0.458 e. The number of aryl methyl sites for hydroxylation is 1. The lowest BCUT2D eigenvalue weighted by Crippen LogP contribution is -2.43. The van der Waals surface area contributed by atoms with Crippen LogP contribution in [0, 0.1) is 0 Å². The monoisotopic (exact) mass is 463 g/mol. The van der Waals surface area contributed by atoms with Crippen LogP contribution in [0.15, 0.2) is 71.6 Å². The SMILES string of the molecule is CCCc1ccc(OC2=CC(C(N)=NCC)N(c3ccc(Cl)c(C(F)(F)F)c3)C=C2)cc1. The van der Waals surface area contributed by atoms with Crippen LogP contribution in [0.1, 0.15) is 31.4 Å². The Bertz CT molecular complexity index is 1030. The normalized spacial score (nSPS) is 16.8. The van der Waals surface area contributed by atoms with Gasteiger partial charge in [0.2, 0.25) is 0 Å². The Labute approximate surface area is 190 Å². The van der Waals surface area contributed by atoms with Crippen LogP contribution >= 0.6 is 11.6 Å². The molecule has 1 aliphatic heterocycles. The van der Waals surface area contributed by atoms with Crippen LogP contribution in [0.25, 0.3) is 0 Å². The van der Waals surface area contributed by atoms with Gasteiger partial charge in [0.05, 0.1) is 10.6 Å². The van der Waals surface area contributed by atoms with E-state index in [1.807, 2.05) is 31.2 Å². The maximum atomic E-state index is 13.4. The highest BCUT2D eigenvalue weighted by atomic mass is 35.5. The molecular weight excluding hydrogens is 439 g/mol. The summed E-state index contributed by atoms with van der Waals surface area (Å²) in [6, 6.07) is 10.9. The summed E-state index contributed by atoms with van der Waals surface area (Å²) in [6.07, 6.45) is 2.52. The molecule has 0 spiro atoms. The number of amidine groups is 1. The molecule has 4 nitrogen and oxygen atoms in total. The highest BCUT2D eigenvalue weighted by molar-refractivity contribution is 6.31. The van der Waals surface area contributed by atoms with Gasteiger partial charge >= 0.3 is 6.18 Å². The van der Waals surface area contributed by atoms with Gasteiger partial charge in [0.25, 0.3) is 0 Å². The number of anilines is 1. The molecule has 0 fully saturated rings. The van der Waals surface area contributed by atoms with Crippen molar-refractivity contribution in [3.63, 3.8) is 0 Å². The van der Waals surface area contributed by atoms with E-state index in [4.69, 9.17) is 22.1 Å². The largest absolute Gasteiger partial charge is 0.458 e. The number of aliphatic imine (C=N–C) groups is 1. The molecule has 2 N–H and O–H groups in total. The first-order chi connectivity index (χ1) is 15.2. The van der Waals surface area contributed by atoms with Crippen molar-refractivity contribution in [1.29, 1.82) is 0 Å². The van der Waals surface area contributed by atoms with Crippen molar-refractivity contribution in [2.45, 2.75) is 38.9 Å². The molecule has 170 valence electrons. The van der Waals surface area contributed by atoms with Crippen LogP contribution in [0.3, 0.4) is 0 Å². The predicted octanol–water partition coefficient (Wildman–Crippen LogP) is 6.35. The average Bonchev–Trinajstić information content (AvgIpc) is 2.75. The molecule has 0 saturated carbocycles. The lowest BCUT2D eigenvalue weighted by molar-refractivity contribution is -0.137. The first-order valence-electron chi connectivity index (χ1n) is 10.3. The molecule has 1 atom stereocenters. The van der Waals surface area contributed by atoms with E-state index in [9.17, 15) is 13.2 Å². The molecule has 0 amide bonds. The average molecular weight is 464 g/mol. The number of hydrogen-bond acceptors (Lipinski definition) is 3. The summed E-state index contributed by atoms with van der Waals surface area (Å²) < 4.78 is 46.0. The number of nitrogens with zero attached hydrogens (tertiary/aromatic N) is 2. The van der Waals surface area contributed by atoms with E-state index < -0.39 is 17.8 Å². The zero-order chi connectivity index (χ0) is 23.3. The van der Waals surface area contributed by atoms with Crippen molar-refractivity contribution in [2.75, 3.05) is 11.4 Å². The van der Waals surface area contributed by atoms with Crippen LogP contribution < -0.4 is 15.4 Å². The van der Waals surface area contributed by atoms with Crippen LogP contribution in [0.5, 0.6) is 5.75 Å². The van der Waals surface area contributed by atoms with Gasteiger partial charge in [0, 0.05) is 18.4 Å². The number of ether oxygens (including phenoxy) is 1. The molecule has 1 unspecified atom stereocenters. The van der Waals surface area contributed by atoms with Crippen LogP contribution in [0.2, 0.25) is 5.02 Å². The van der Waals surface area contributed by atoms with Crippen molar-refractivity contribution < 1.29 is 17.9 Å². The van der Waals surface area contributed by atoms with Gasteiger partial charge in [-0.25, -0.2) is 0 Å². The molecule has 32 heavy (non-hydrogen) atoms. The summed E-state index contributed by atoms with van der Waals surface area (Å²) in [4.78, 5) is 5.87. The topological polar surface area (TPSA) is 50.9 Å². The lowest BCUT2D eigenvalue weighted by Gasteiger charge is -2.32. The molecule has 0 saturated heterocycles. The van der Waals surface area contributed by atoms with E-state index in [-0.39, 0.29) is 16.5 Å². The fourth-order valence-corrected chi connectivity index (χ4v) is 3.62. The minimum atomic E-state index is -4.57. The molecule has 2 aromatic rings. The second-order valence-corrected chi connectivity index (χ2v) is 7.70. The van der Waals surface area contributed by atoms with Gasteiger partial charge in [0.1, 0.15) is 23.4 Å². The van der Waals surface area contributed by atoms with Crippen LogP contribution in [-0.2, 0) is 12.6 Å². The van der Waals surface area contributed by atoms with Gasteiger partial charge in [-0.2, -0.15) is 13.2 Å². The number of nitrogens with two attached hydrogens (primary N) is 1. The number of benzene rings is 2. The molecule has 0 aromatic heterocycles. The Morgan fingerprint density at radius 2 is 1.88 bits per heavy atom. The first kappa shape index (κ1) is 23.7. The Hall–Kier alpha value is -2.93. The third-order valence-electron chi connectivity index (χ3n) is 4.92. The van der Waals surface area contributed by atoms with E-state index >= 15 is 0 Å². The maximum absolute atomic E-state index is 13.4. The quantitative estimate of drug-likeness (QED) is 0.384. The number of hydrogen-bond donors (Lipinski definition) is 1. The van der Waals surface area contributed by atoms with Gasteiger partial charge in [-0.15, -0.1) is 0 Å². The summed E-state index contributed by atoms with van der Waals surface area (Å²) in [5, 5.41) is -0.361. The number of halogens is 4. The van der Waals surface area contributed by atoms with Crippen molar-refractivity contribution in [2.24, 2.45) is 10.7 Å². The van der Waals surface area contributed by atoms with E-state index in [0.29, 0.717) is 18.1 Å². The van der Waals surface area contributed by atoms with Gasteiger partial charge < -0.3 is 15.4 Å². The van der Waals surface area contributed by atoms with E-state index in [1.54, 1.807) is 23.3 Å².